The summed E-state index contributed by atoms with van der Waals surface area (Å²) in [4.78, 5) is 0. The largest absolute Gasteiger partial charge is 0.306 e. The van der Waals surface area contributed by atoms with E-state index in [1.54, 1.807) is 6.07 Å². The normalized spacial score (nSPS) is 12.6. The summed E-state index contributed by atoms with van der Waals surface area (Å²) >= 11 is 12.1. The van der Waals surface area contributed by atoms with Gasteiger partial charge in [-0.25, -0.2) is 0 Å². The molecule has 2 rings (SSSR count). The molecule has 0 spiro atoms. The first-order valence-electron chi connectivity index (χ1n) is 7.28. The first kappa shape index (κ1) is 16.4. The lowest BCUT2D eigenvalue weighted by Gasteiger charge is -2.21. The van der Waals surface area contributed by atoms with Gasteiger partial charge in [-0.2, -0.15) is 0 Å². The number of rotatable bonds is 6. The van der Waals surface area contributed by atoms with Crippen LogP contribution in [0.4, 0.5) is 0 Å². The molecule has 0 aromatic heterocycles. The van der Waals surface area contributed by atoms with Gasteiger partial charge in [-0.05, 0) is 41.7 Å². The molecule has 0 saturated heterocycles. The lowest BCUT2D eigenvalue weighted by atomic mass is 9.97. The van der Waals surface area contributed by atoms with E-state index in [4.69, 9.17) is 23.2 Å². The van der Waals surface area contributed by atoms with Crippen LogP contribution in [0.1, 0.15) is 37.4 Å². The van der Waals surface area contributed by atoms with Crippen LogP contribution in [0.2, 0.25) is 10.0 Å². The van der Waals surface area contributed by atoms with E-state index in [1.165, 1.54) is 5.56 Å². The number of hydrogen-bond donors (Lipinski definition) is 1. The zero-order valence-electron chi connectivity index (χ0n) is 12.4. The van der Waals surface area contributed by atoms with Crippen molar-refractivity contribution in [1.82, 2.24) is 5.32 Å². The molecule has 0 aliphatic carbocycles. The second-order valence-electron chi connectivity index (χ2n) is 5.75. The Labute approximate surface area is 137 Å². The van der Waals surface area contributed by atoms with Gasteiger partial charge in [0, 0.05) is 22.6 Å². The highest BCUT2D eigenvalue weighted by Gasteiger charge is 2.12. The second kappa shape index (κ2) is 7.84. The lowest BCUT2D eigenvalue weighted by Crippen LogP contribution is -2.22. The summed E-state index contributed by atoms with van der Waals surface area (Å²) in [5, 5.41) is 4.98. The summed E-state index contributed by atoms with van der Waals surface area (Å²) in [7, 11) is 0. The average molecular weight is 322 g/mol. The summed E-state index contributed by atoms with van der Waals surface area (Å²) in [5.41, 5.74) is 2.43. The van der Waals surface area contributed by atoms with Gasteiger partial charge in [0.2, 0.25) is 0 Å². The summed E-state index contributed by atoms with van der Waals surface area (Å²) in [6, 6.07) is 16.6. The van der Waals surface area contributed by atoms with Crippen molar-refractivity contribution >= 4 is 23.2 Å². The summed E-state index contributed by atoms with van der Waals surface area (Å²) in [6.07, 6.45) is 1.10. The van der Waals surface area contributed by atoms with Crippen LogP contribution < -0.4 is 5.32 Å². The monoisotopic (exact) mass is 321 g/mol. The molecule has 0 aliphatic rings. The highest BCUT2D eigenvalue weighted by atomic mass is 35.5. The molecule has 0 saturated carbocycles. The fourth-order valence-corrected chi connectivity index (χ4v) is 3.02. The molecule has 0 fully saturated rings. The third kappa shape index (κ3) is 5.35. The average Bonchev–Trinajstić information content (AvgIpc) is 2.43. The molecule has 2 aromatic rings. The summed E-state index contributed by atoms with van der Waals surface area (Å²) in [5.74, 6) is 0.630. The van der Waals surface area contributed by atoms with E-state index >= 15 is 0 Å². The van der Waals surface area contributed by atoms with Gasteiger partial charge in [0.1, 0.15) is 0 Å². The molecule has 0 aliphatic heterocycles. The van der Waals surface area contributed by atoms with Crippen molar-refractivity contribution in [3.8, 4) is 0 Å². The standard InChI is InChI=1S/C18H21Cl2N/c1-13(2)8-18(15-6-4-3-5-7-15)21-12-14-9-16(19)11-17(20)10-14/h3-7,9-11,13,18,21H,8,12H2,1-2H3. The molecule has 0 radical (unpaired) electrons. The fourth-order valence-electron chi connectivity index (χ4n) is 2.45. The van der Waals surface area contributed by atoms with Crippen molar-refractivity contribution in [2.24, 2.45) is 5.92 Å². The lowest BCUT2D eigenvalue weighted by molar-refractivity contribution is 0.428. The molecule has 21 heavy (non-hydrogen) atoms. The first-order valence-corrected chi connectivity index (χ1v) is 8.03. The highest BCUT2D eigenvalue weighted by molar-refractivity contribution is 6.34. The van der Waals surface area contributed by atoms with E-state index in [1.807, 2.05) is 18.2 Å². The molecule has 1 atom stereocenters. The van der Waals surface area contributed by atoms with E-state index in [0.29, 0.717) is 22.0 Å². The van der Waals surface area contributed by atoms with Gasteiger partial charge in [-0.1, -0.05) is 67.4 Å². The van der Waals surface area contributed by atoms with E-state index in [0.717, 1.165) is 18.5 Å². The maximum atomic E-state index is 6.05. The van der Waals surface area contributed by atoms with Crippen LogP contribution in [-0.4, -0.2) is 0 Å². The maximum Gasteiger partial charge on any atom is 0.0424 e. The van der Waals surface area contributed by atoms with Gasteiger partial charge in [-0.15, -0.1) is 0 Å². The number of hydrogen-bond acceptors (Lipinski definition) is 1. The van der Waals surface area contributed by atoms with Crippen LogP contribution >= 0.6 is 23.2 Å². The SMILES string of the molecule is CC(C)CC(NCc1cc(Cl)cc(Cl)c1)c1ccccc1. The Morgan fingerprint density at radius 3 is 2.14 bits per heavy atom. The second-order valence-corrected chi connectivity index (χ2v) is 6.62. The molecule has 1 unspecified atom stereocenters. The third-order valence-electron chi connectivity index (χ3n) is 3.38. The predicted octanol–water partition coefficient (Wildman–Crippen LogP) is 5.87. The van der Waals surface area contributed by atoms with Crippen molar-refractivity contribution in [3.63, 3.8) is 0 Å². The van der Waals surface area contributed by atoms with E-state index < -0.39 is 0 Å². The van der Waals surface area contributed by atoms with Gasteiger partial charge in [0.05, 0.1) is 0 Å². The van der Waals surface area contributed by atoms with Crippen LogP contribution in [0.15, 0.2) is 48.5 Å². The highest BCUT2D eigenvalue weighted by Crippen LogP contribution is 2.23. The Kier molecular flexibility index (Phi) is 6.10. The van der Waals surface area contributed by atoms with Crippen LogP contribution in [0, 0.1) is 5.92 Å². The number of nitrogens with one attached hydrogen (secondary N) is 1. The van der Waals surface area contributed by atoms with Crippen LogP contribution in [0.5, 0.6) is 0 Å². The van der Waals surface area contributed by atoms with Gasteiger partial charge in [-0.3, -0.25) is 0 Å². The van der Waals surface area contributed by atoms with Crippen molar-refractivity contribution in [2.45, 2.75) is 32.9 Å². The Hall–Kier alpha value is -1.02. The zero-order valence-corrected chi connectivity index (χ0v) is 14.0. The van der Waals surface area contributed by atoms with Crippen LogP contribution in [-0.2, 0) is 6.54 Å². The smallest absolute Gasteiger partial charge is 0.0424 e. The number of halogens is 2. The Morgan fingerprint density at radius 2 is 1.57 bits per heavy atom. The Morgan fingerprint density at radius 1 is 0.952 bits per heavy atom. The molecule has 0 heterocycles. The van der Waals surface area contributed by atoms with Crippen LogP contribution in [0.3, 0.4) is 0 Å². The van der Waals surface area contributed by atoms with E-state index in [-0.39, 0.29) is 0 Å². The minimum Gasteiger partial charge on any atom is -0.306 e. The molecule has 1 N–H and O–H groups in total. The molecular formula is C18H21Cl2N. The zero-order chi connectivity index (χ0) is 15.2. The van der Waals surface area contributed by atoms with E-state index in [2.05, 4.69) is 43.4 Å². The van der Waals surface area contributed by atoms with Crippen molar-refractivity contribution in [2.75, 3.05) is 0 Å². The minimum atomic E-state index is 0.337. The molecule has 1 nitrogen and oxygen atoms in total. The molecule has 0 bridgehead atoms. The maximum absolute atomic E-state index is 6.05. The quantitative estimate of drug-likeness (QED) is 0.701. The molecule has 0 amide bonds. The van der Waals surface area contributed by atoms with Crippen LogP contribution in [0.25, 0.3) is 0 Å². The first-order chi connectivity index (χ1) is 10.0. The molecule has 3 heteroatoms. The van der Waals surface area contributed by atoms with Crippen molar-refractivity contribution in [3.05, 3.63) is 69.7 Å². The number of benzene rings is 2. The summed E-state index contributed by atoms with van der Waals surface area (Å²) in [6.45, 7) is 5.24. The van der Waals surface area contributed by atoms with Gasteiger partial charge in [0.15, 0.2) is 0 Å². The van der Waals surface area contributed by atoms with E-state index in [9.17, 15) is 0 Å². The molecule has 112 valence electrons. The fraction of sp³-hybridized carbons (Fsp3) is 0.333. The Bertz CT molecular complexity index is 546. The van der Waals surface area contributed by atoms with Gasteiger partial charge < -0.3 is 5.32 Å². The van der Waals surface area contributed by atoms with Crippen molar-refractivity contribution < 1.29 is 0 Å². The van der Waals surface area contributed by atoms with Gasteiger partial charge >= 0.3 is 0 Å². The Balaban J connectivity index is 2.08. The molecular weight excluding hydrogens is 301 g/mol. The van der Waals surface area contributed by atoms with Gasteiger partial charge in [0.25, 0.3) is 0 Å². The van der Waals surface area contributed by atoms with Crippen molar-refractivity contribution in [1.29, 1.82) is 0 Å². The minimum absolute atomic E-state index is 0.337. The summed E-state index contributed by atoms with van der Waals surface area (Å²) < 4.78 is 0. The topological polar surface area (TPSA) is 12.0 Å². The third-order valence-corrected chi connectivity index (χ3v) is 3.82. The molecule has 2 aromatic carbocycles. The predicted molar refractivity (Wildman–Crippen MR) is 91.9 cm³/mol.